The van der Waals surface area contributed by atoms with Crippen LogP contribution in [0.3, 0.4) is 0 Å². The first kappa shape index (κ1) is 14.5. The minimum Gasteiger partial charge on any atom is -0.373 e. The molecule has 0 aromatic carbocycles. The van der Waals surface area contributed by atoms with E-state index in [1.165, 1.54) is 29.0 Å². The zero-order valence-electron chi connectivity index (χ0n) is 12.6. The molecular weight excluding hydrogens is 270 g/mol. The van der Waals surface area contributed by atoms with Gasteiger partial charge in [-0.15, -0.1) is 11.3 Å². The van der Waals surface area contributed by atoms with Crippen LogP contribution < -0.4 is 0 Å². The number of hydrogen-bond donors (Lipinski definition) is 0. The summed E-state index contributed by atoms with van der Waals surface area (Å²) in [5.41, 5.74) is -0.00911. The third-order valence-electron chi connectivity index (χ3n) is 4.06. The largest absolute Gasteiger partial charge is 0.373 e. The Morgan fingerprint density at radius 2 is 2.20 bits per heavy atom. The van der Waals surface area contributed by atoms with E-state index < -0.39 is 0 Å². The highest BCUT2D eigenvalue weighted by Crippen LogP contribution is 2.33. The van der Waals surface area contributed by atoms with Crippen molar-refractivity contribution >= 4 is 11.3 Å². The summed E-state index contributed by atoms with van der Waals surface area (Å²) in [7, 11) is 0. The van der Waals surface area contributed by atoms with Crippen molar-refractivity contribution in [2.45, 2.75) is 51.4 Å². The maximum absolute atomic E-state index is 5.88. The van der Waals surface area contributed by atoms with Gasteiger partial charge in [0, 0.05) is 36.0 Å². The molecule has 0 unspecified atom stereocenters. The second kappa shape index (κ2) is 6.14. The average Bonchev–Trinajstić information content (AvgIpc) is 2.87. The molecule has 0 amide bonds. The lowest BCUT2D eigenvalue weighted by Gasteiger charge is -2.37. The van der Waals surface area contributed by atoms with Gasteiger partial charge in [0.1, 0.15) is 0 Å². The Hall–Kier alpha value is -0.420. The predicted octanol–water partition coefficient (Wildman–Crippen LogP) is 3.60. The normalized spacial score (nSPS) is 27.6. The molecule has 2 aliphatic heterocycles. The smallest absolute Gasteiger partial charge is 0.0916 e. The number of morpholine rings is 1. The summed E-state index contributed by atoms with van der Waals surface area (Å²) >= 11 is 1.93. The molecule has 0 aliphatic carbocycles. The highest BCUT2D eigenvalue weighted by Gasteiger charge is 2.27. The molecule has 2 fully saturated rings. The van der Waals surface area contributed by atoms with Crippen molar-refractivity contribution in [2.24, 2.45) is 0 Å². The fraction of sp³-hybridized carbons (Fsp3) is 0.750. The van der Waals surface area contributed by atoms with Crippen LogP contribution >= 0.6 is 11.3 Å². The van der Waals surface area contributed by atoms with Crippen molar-refractivity contribution in [3.8, 4) is 0 Å². The first-order valence-corrected chi connectivity index (χ1v) is 8.51. The third kappa shape index (κ3) is 3.61. The van der Waals surface area contributed by atoms with Gasteiger partial charge in [-0.25, -0.2) is 0 Å². The quantitative estimate of drug-likeness (QED) is 0.850. The molecule has 1 atom stereocenters. The SMILES string of the molecule is CC1(C)CN(Cc2ccc([C@@H]3CCCCO3)s2)CCO1. The molecule has 0 N–H and O–H groups in total. The minimum absolute atomic E-state index is 0.00911. The van der Waals surface area contributed by atoms with Crippen LogP contribution in [-0.4, -0.2) is 36.8 Å². The van der Waals surface area contributed by atoms with Gasteiger partial charge in [0.05, 0.1) is 18.3 Å². The van der Waals surface area contributed by atoms with Gasteiger partial charge >= 0.3 is 0 Å². The first-order valence-electron chi connectivity index (χ1n) is 7.69. The van der Waals surface area contributed by atoms with Crippen LogP contribution in [0.25, 0.3) is 0 Å². The summed E-state index contributed by atoms with van der Waals surface area (Å²) in [4.78, 5) is 5.36. The Bertz CT molecular complexity index is 437. The Balaban J connectivity index is 1.59. The zero-order chi connectivity index (χ0) is 14.0. The van der Waals surface area contributed by atoms with E-state index in [9.17, 15) is 0 Å². The molecule has 0 saturated carbocycles. The minimum atomic E-state index is -0.00911. The summed E-state index contributed by atoms with van der Waals surface area (Å²) in [6, 6.07) is 4.54. The molecule has 3 heterocycles. The Labute approximate surface area is 125 Å². The molecule has 3 nitrogen and oxygen atoms in total. The van der Waals surface area contributed by atoms with Crippen LogP contribution in [0.4, 0.5) is 0 Å². The van der Waals surface area contributed by atoms with Gasteiger partial charge < -0.3 is 9.47 Å². The predicted molar refractivity (Wildman–Crippen MR) is 82.2 cm³/mol. The molecule has 2 saturated heterocycles. The summed E-state index contributed by atoms with van der Waals surface area (Å²) in [6.45, 7) is 9.22. The van der Waals surface area contributed by atoms with Crippen LogP contribution in [0.15, 0.2) is 12.1 Å². The van der Waals surface area contributed by atoms with Gasteiger partial charge in [0.2, 0.25) is 0 Å². The second-order valence-electron chi connectivity index (χ2n) is 6.48. The van der Waals surface area contributed by atoms with Crippen molar-refractivity contribution in [2.75, 3.05) is 26.3 Å². The van der Waals surface area contributed by atoms with E-state index in [1.54, 1.807) is 0 Å². The first-order chi connectivity index (χ1) is 9.62. The van der Waals surface area contributed by atoms with Crippen molar-refractivity contribution in [1.82, 2.24) is 4.90 Å². The second-order valence-corrected chi connectivity index (χ2v) is 7.68. The maximum Gasteiger partial charge on any atom is 0.0916 e. The number of nitrogens with zero attached hydrogens (tertiary/aromatic N) is 1. The van der Waals surface area contributed by atoms with E-state index >= 15 is 0 Å². The van der Waals surface area contributed by atoms with Crippen LogP contribution in [0.2, 0.25) is 0 Å². The van der Waals surface area contributed by atoms with Gasteiger partial charge in [-0.05, 0) is 45.2 Å². The number of ether oxygens (including phenoxy) is 2. The molecule has 0 bridgehead atoms. The van der Waals surface area contributed by atoms with Crippen LogP contribution in [0.1, 0.15) is 49.0 Å². The van der Waals surface area contributed by atoms with Crippen LogP contribution in [-0.2, 0) is 16.0 Å². The Morgan fingerprint density at radius 3 is 2.95 bits per heavy atom. The average molecular weight is 295 g/mol. The molecule has 112 valence electrons. The lowest BCUT2D eigenvalue weighted by Crippen LogP contribution is -2.47. The van der Waals surface area contributed by atoms with Crippen molar-refractivity contribution < 1.29 is 9.47 Å². The Kier molecular flexibility index (Phi) is 4.46. The fourth-order valence-electron chi connectivity index (χ4n) is 3.09. The van der Waals surface area contributed by atoms with Crippen LogP contribution in [0, 0.1) is 0 Å². The standard InChI is InChI=1S/C16H25NO2S/c1-16(2)12-17(8-10-19-16)11-13-6-7-15(20-13)14-5-3-4-9-18-14/h6-7,14H,3-5,8-12H2,1-2H3/t14-/m0/s1. The number of hydrogen-bond acceptors (Lipinski definition) is 4. The summed E-state index contributed by atoms with van der Waals surface area (Å²) in [6.07, 6.45) is 4.06. The van der Waals surface area contributed by atoms with E-state index in [4.69, 9.17) is 9.47 Å². The van der Waals surface area contributed by atoms with Crippen molar-refractivity contribution in [1.29, 1.82) is 0 Å². The topological polar surface area (TPSA) is 21.7 Å². The molecule has 4 heteroatoms. The van der Waals surface area contributed by atoms with Gasteiger partial charge in [-0.3, -0.25) is 4.90 Å². The van der Waals surface area contributed by atoms with E-state index in [1.807, 2.05) is 11.3 Å². The lowest BCUT2D eigenvalue weighted by atomic mass is 10.1. The monoisotopic (exact) mass is 295 g/mol. The van der Waals surface area contributed by atoms with Gasteiger partial charge in [0.25, 0.3) is 0 Å². The fourth-order valence-corrected chi connectivity index (χ4v) is 4.23. The maximum atomic E-state index is 5.88. The van der Waals surface area contributed by atoms with Crippen molar-refractivity contribution in [3.05, 3.63) is 21.9 Å². The van der Waals surface area contributed by atoms with E-state index in [0.717, 1.165) is 32.8 Å². The van der Waals surface area contributed by atoms with E-state index in [2.05, 4.69) is 30.9 Å². The highest BCUT2D eigenvalue weighted by atomic mass is 32.1. The number of thiophene rings is 1. The van der Waals surface area contributed by atoms with Gasteiger partial charge in [-0.1, -0.05) is 0 Å². The highest BCUT2D eigenvalue weighted by molar-refractivity contribution is 7.12. The van der Waals surface area contributed by atoms with Gasteiger partial charge in [-0.2, -0.15) is 0 Å². The molecule has 1 aromatic heterocycles. The van der Waals surface area contributed by atoms with E-state index in [0.29, 0.717) is 6.10 Å². The molecule has 3 rings (SSSR count). The summed E-state index contributed by atoms with van der Waals surface area (Å²) < 4.78 is 11.7. The third-order valence-corrected chi connectivity index (χ3v) is 5.23. The molecule has 20 heavy (non-hydrogen) atoms. The molecule has 2 aliphatic rings. The van der Waals surface area contributed by atoms with Crippen molar-refractivity contribution in [3.63, 3.8) is 0 Å². The number of rotatable bonds is 3. The van der Waals surface area contributed by atoms with Gasteiger partial charge in [0.15, 0.2) is 0 Å². The summed E-state index contributed by atoms with van der Waals surface area (Å²) in [5.74, 6) is 0. The molecule has 0 radical (unpaired) electrons. The van der Waals surface area contributed by atoms with E-state index in [-0.39, 0.29) is 5.60 Å². The lowest BCUT2D eigenvalue weighted by molar-refractivity contribution is -0.0880. The molecule has 0 spiro atoms. The zero-order valence-corrected chi connectivity index (χ0v) is 13.4. The Morgan fingerprint density at radius 1 is 1.30 bits per heavy atom. The van der Waals surface area contributed by atoms with Crippen LogP contribution in [0.5, 0.6) is 0 Å². The summed E-state index contributed by atoms with van der Waals surface area (Å²) in [5, 5.41) is 0. The molecule has 1 aromatic rings. The molecular formula is C16H25NO2S.